The highest BCUT2D eigenvalue weighted by atomic mass is 15.3. The second-order valence-electron chi connectivity index (χ2n) is 4.97. The summed E-state index contributed by atoms with van der Waals surface area (Å²) >= 11 is 0. The lowest BCUT2D eigenvalue weighted by Crippen LogP contribution is -2.33. The molecule has 2 aromatic heterocycles. The third kappa shape index (κ3) is 2.73. The first-order valence-electron chi connectivity index (χ1n) is 6.65. The SMILES string of the molecule is NC1CCC(Nc2cccnc2-n2cncn2)CC1. The van der Waals surface area contributed by atoms with E-state index in [0.29, 0.717) is 12.1 Å². The van der Waals surface area contributed by atoms with Gasteiger partial charge >= 0.3 is 0 Å². The van der Waals surface area contributed by atoms with Crippen LogP contribution in [0, 0.1) is 0 Å². The Morgan fingerprint density at radius 3 is 2.84 bits per heavy atom. The third-order valence-electron chi connectivity index (χ3n) is 3.55. The van der Waals surface area contributed by atoms with Crippen LogP contribution >= 0.6 is 0 Å². The van der Waals surface area contributed by atoms with Gasteiger partial charge in [-0.2, -0.15) is 5.10 Å². The van der Waals surface area contributed by atoms with E-state index in [0.717, 1.165) is 37.2 Å². The fraction of sp³-hybridized carbons (Fsp3) is 0.462. The minimum absolute atomic E-state index is 0.363. The van der Waals surface area contributed by atoms with Crippen molar-refractivity contribution in [2.24, 2.45) is 5.73 Å². The molecule has 19 heavy (non-hydrogen) atoms. The van der Waals surface area contributed by atoms with Gasteiger partial charge in [0.15, 0.2) is 5.82 Å². The number of rotatable bonds is 3. The van der Waals surface area contributed by atoms with Crippen molar-refractivity contribution < 1.29 is 0 Å². The molecule has 1 aliphatic rings. The maximum absolute atomic E-state index is 5.93. The molecule has 0 bridgehead atoms. The summed E-state index contributed by atoms with van der Waals surface area (Å²) in [6.45, 7) is 0. The van der Waals surface area contributed by atoms with E-state index in [2.05, 4.69) is 20.4 Å². The fourth-order valence-electron chi connectivity index (χ4n) is 2.49. The molecule has 0 saturated heterocycles. The Labute approximate surface area is 112 Å². The predicted molar refractivity (Wildman–Crippen MR) is 73.0 cm³/mol. The van der Waals surface area contributed by atoms with Gasteiger partial charge < -0.3 is 11.1 Å². The van der Waals surface area contributed by atoms with Gasteiger partial charge in [0.05, 0.1) is 5.69 Å². The maximum atomic E-state index is 5.93. The topological polar surface area (TPSA) is 81.6 Å². The number of nitrogens with one attached hydrogen (secondary N) is 1. The first-order chi connectivity index (χ1) is 9.33. The lowest BCUT2D eigenvalue weighted by molar-refractivity contribution is 0.411. The summed E-state index contributed by atoms with van der Waals surface area (Å²) in [5, 5.41) is 7.69. The Balaban J connectivity index is 1.78. The lowest BCUT2D eigenvalue weighted by Gasteiger charge is -2.28. The van der Waals surface area contributed by atoms with Gasteiger partial charge in [-0.05, 0) is 37.8 Å². The van der Waals surface area contributed by atoms with E-state index in [9.17, 15) is 0 Å². The van der Waals surface area contributed by atoms with Crippen molar-refractivity contribution >= 4 is 5.69 Å². The molecule has 0 unspecified atom stereocenters. The Bertz CT molecular complexity index is 516. The molecule has 3 rings (SSSR count). The van der Waals surface area contributed by atoms with Crippen LogP contribution in [0.15, 0.2) is 31.0 Å². The summed E-state index contributed by atoms with van der Waals surface area (Å²) in [5.74, 6) is 0.787. The number of nitrogens with two attached hydrogens (primary N) is 1. The van der Waals surface area contributed by atoms with Crippen LogP contribution in [0.3, 0.4) is 0 Å². The van der Waals surface area contributed by atoms with Gasteiger partial charge in [-0.25, -0.2) is 14.6 Å². The lowest BCUT2D eigenvalue weighted by atomic mass is 9.92. The van der Waals surface area contributed by atoms with Gasteiger partial charge in [0.2, 0.25) is 0 Å². The molecule has 0 spiro atoms. The van der Waals surface area contributed by atoms with Crippen LogP contribution < -0.4 is 11.1 Å². The van der Waals surface area contributed by atoms with Crippen LogP contribution in [0.2, 0.25) is 0 Å². The summed E-state index contributed by atoms with van der Waals surface area (Å²) in [6, 6.07) is 4.78. The zero-order valence-electron chi connectivity index (χ0n) is 10.7. The van der Waals surface area contributed by atoms with E-state index in [1.165, 1.54) is 6.33 Å². The van der Waals surface area contributed by atoms with E-state index in [1.807, 2.05) is 12.1 Å². The van der Waals surface area contributed by atoms with Crippen molar-refractivity contribution in [3.8, 4) is 5.82 Å². The van der Waals surface area contributed by atoms with Crippen molar-refractivity contribution in [2.45, 2.75) is 37.8 Å². The van der Waals surface area contributed by atoms with E-state index in [4.69, 9.17) is 5.73 Å². The van der Waals surface area contributed by atoms with Crippen LogP contribution in [0.1, 0.15) is 25.7 Å². The fourth-order valence-corrected chi connectivity index (χ4v) is 2.49. The van der Waals surface area contributed by atoms with Crippen molar-refractivity contribution in [3.63, 3.8) is 0 Å². The molecule has 100 valence electrons. The zero-order chi connectivity index (χ0) is 13.1. The van der Waals surface area contributed by atoms with Crippen molar-refractivity contribution in [3.05, 3.63) is 31.0 Å². The molecule has 0 aliphatic heterocycles. The molecule has 6 heteroatoms. The molecule has 0 atom stereocenters. The van der Waals surface area contributed by atoms with Crippen LogP contribution in [-0.4, -0.2) is 31.8 Å². The first kappa shape index (κ1) is 12.1. The quantitative estimate of drug-likeness (QED) is 0.868. The number of aromatic nitrogens is 4. The maximum Gasteiger partial charge on any atom is 0.178 e. The van der Waals surface area contributed by atoms with E-state index in [1.54, 1.807) is 17.2 Å². The van der Waals surface area contributed by atoms with Gasteiger partial charge in [0.25, 0.3) is 0 Å². The van der Waals surface area contributed by atoms with Crippen LogP contribution in [0.5, 0.6) is 0 Å². The standard InChI is InChI=1S/C13H18N6/c14-10-3-5-11(6-4-10)18-12-2-1-7-16-13(12)19-9-15-8-17-19/h1-2,7-11,18H,3-6,14H2. The molecule has 1 saturated carbocycles. The summed E-state index contributed by atoms with van der Waals surface area (Å²) in [6.07, 6.45) is 9.30. The molecule has 6 nitrogen and oxygen atoms in total. The molecule has 2 heterocycles. The minimum atomic E-state index is 0.363. The van der Waals surface area contributed by atoms with Crippen molar-refractivity contribution in [1.82, 2.24) is 19.7 Å². The summed E-state index contributed by atoms with van der Waals surface area (Å²) in [4.78, 5) is 8.34. The van der Waals surface area contributed by atoms with Crippen molar-refractivity contribution in [1.29, 1.82) is 0 Å². The van der Waals surface area contributed by atoms with Crippen LogP contribution in [0.4, 0.5) is 5.69 Å². The van der Waals surface area contributed by atoms with Gasteiger partial charge in [0.1, 0.15) is 12.7 Å². The second-order valence-corrected chi connectivity index (χ2v) is 4.97. The van der Waals surface area contributed by atoms with Crippen LogP contribution in [-0.2, 0) is 0 Å². The van der Waals surface area contributed by atoms with Gasteiger partial charge in [-0.1, -0.05) is 0 Å². The molecule has 0 amide bonds. The summed E-state index contributed by atoms with van der Waals surface area (Å²) in [5.41, 5.74) is 6.93. The predicted octanol–water partition coefficient (Wildman–Crippen LogP) is 1.34. The third-order valence-corrected chi connectivity index (χ3v) is 3.55. The molecule has 0 aromatic carbocycles. The average molecular weight is 258 g/mol. The highest BCUT2D eigenvalue weighted by molar-refractivity contribution is 5.56. The van der Waals surface area contributed by atoms with Crippen LogP contribution in [0.25, 0.3) is 5.82 Å². The summed E-state index contributed by atoms with van der Waals surface area (Å²) in [7, 11) is 0. The molecular formula is C13H18N6. The number of pyridine rings is 1. The first-order valence-corrected chi connectivity index (χ1v) is 6.65. The smallest absolute Gasteiger partial charge is 0.178 e. The number of nitrogens with zero attached hydrogens (tertiary/aromatic N) is 4. The Morgan fingerprint density at radius 2 is 2.11 bits per heavy atom. The Morgan fingerprint density at radius 1 is 1.26 bits per heavy atom. The van der Waals surface area contributed by atoms with Gasteiger partial charge in [0, 0.05) is 18.3 Å². The Kier molecular flexibility index (Phi) is 3.41. The number of hydrogen-bond acceptors (Lipinski definition) is 5. The van der Waals surface area contributed by atoms with E-state index < -0.39 is 0 Å². The molecular weight excluding hydrogens is 240 g/mol. The average Bonchev–Trinajstić information content (AvgIpc) is 2.96. The highest BCUT2D eigenvalue weighted by Crippen LogP contribution is 2.23. The summed E-state index contributed by atoms with van der Waals surface area (Å²) < 4.78 is 1.68. The molecule has 1 fully saturated rings. The monoisotopic (exact) mass is 258 g/mol. The normalized spacial score (nSPS) is 23.2. The number of hydrogen-bond donors (Lipinski definition) is 2. The van der Waals surface area contributed by atoms with E-state index in [-0.39, 0.29) is 0 Å². The molecule has 0 radical (unpaired) electrons. The second kappa shape index (κ2) is 5.36. The zero-order valence-corrected chi connectivity index (χ0v) is 10.7. The Hall–Kier alpha value is -1.95. The molecule has 3 N–H and O–H groups in total. The van der Waals surface area contributed by atoms with Gasteiger partial charge in [-0.15, -0.1) is 0 Å². The largest absolute Gasteiger partial charge is 0.379 e. The minimum Gasteiger partial charge on any atom is -0.379 e. The highest BCUT2D eigenvalue weighted by Gasteiger charge is 2.19. The van der Waals surface area contributed by atoms with Crippen molar-refractivity contribution in [2.75, 3.05) is 5.32 Å². The molecule has 1 aliphatic carbocycles. The molecule has 2 aromatic rings. The van der Waals surface area contributed by atoms with Gasteiger partial charge in [-0.3, -0.25) is 0 Å². The van der Waals surface area contributed by atoms with E-state index >= 15 is 0 Å². The number of anilines is 1.